The molecule has 0 rings (SSSR count). The molecule has 0 heterocycles. The Hall–Kier alpha value is 0.0169. The van der Waals surface area contributed by atoms with Crippen LogP contribution in [0, 0.1) is 5.92 Å². The first-order valence-corrected chi connectivity index (χ1v) is 10.1. The summed E-state index contributed by atoms with van der Waals surface area (Å²) >= 11 is 0. The first-order chi connectivity index (χ1) is 8.98. The van der Waals surface area contributed by atoms with E-state index in [9.17, 15) is 0 Å². The van der Waals surface area contributed by atoms with Crippen LogP contribution in [0.3, 0.4) is 0 Å². The summed E-state index contributed by atoms with van der Waals surface area (Å²) in [5.41, 5.74) is 0. The minimum atomic E-state index is -1.57. The minimum absolute atomic E-state index is 0.0521. The van der Waals surface area contributed by atoms with Gasteiger partial charge in [0.1, 0.15) is 6.79 Å². The van der Waals surface area contributed by atoms with E-state index in [1.165, 1.54) is 0 Å². The standard InChI is InChI=1S/C13H30O5Si/c1-13(2)11-19(3,4)18-12-17-10-9-16-8-7-15-6-5-14/h13-14H,5-12H2,1-4H3. The van der Waals surface area contributed by atoms with Crippen molar-refractivity contribution >= 4 is 8.32 Å². The van der Waals surface area contributed by atoms with Crippen molar-refractivity contribution in [2.75, 3.05) is 46.4 Å². The summed E-state index contributed by atoms with van der Waals surface area (Å²) in [6, 6.07) is 1.15. The fourth-order valence-electron chi connectivity index (χ4n) is 1.81. The van der Waals surface area contributed by atoms with Crippen molar-refractivity contribution in [1.82, 2.24) is 0 Å². The summed E-state index contributed by atoms with van der Waals surface area (Å²) in [6.07, 6.45) is 0. The average Bonchev–Trinajstić information content (AvgIpc) is 2.30. The van der Waals surface area contributed by atoms with E-state index in [1.54, 1.807) is 0 Å². The Bertz CT molecular complexity index is 199. The number of aliphatic hydroxyl groups is 1. The van der Waals surface area contributed by atoms with E-state index in [2.05, 4.69) is 26.9 Å². The number of rotatable bonds is 13. The SMILES string of the molecule is CC(C)C[Si](C)(C)OCOCCOCCOCCO. The summed E-state index contributed by atoms with van der Waals surface area (Å²) in [6.45, 7) is 11.7. The van der Waals surface area contributed by atoms with Gasteiger partial charge in [-0.3, -0.25) is 0 Å². The molecule has 0 unspecified atom stereocenters. The summed E-state index contributed by atoms with van der Waals surface area (Å²) < 4.78 is 21.6. The second-order valence-corrected chi connectivity index (χ2v) is 9.69. The Labute approximate surface area is 118 Å². The molecule has 0 aliphatic heterocycles. The van der Waals surface area contributed by atoms with E-state index in [4.69, 9.17) is 23.7 Å². The van der Waals surface area contributed by atoms with E-state index in [0.29, 0.717) is 45.7 Å². The zero-order valence-electron chi connectivity index (χ0n) is 12.8. The third kappa shape index (κ3) is 14.2. The second kappa shape index (κ2) is 11.8. The molecule has 0 aromatic heterocycles. The molecule has 0 saturated carbocycles. The van der Waals surface area contributed by atoms with Crippen LogP contribution < -0.4 is 0 Å². The van der Waals surface area contributed by atoms with Gasteiger partial charge in [-0.05, 0) is 25.1 Å². The lowest BCUT2D eigenvalue weighted by Gasteiger charge is -2.24. The lowest BCUT2D eigenvalue weighted by atomic mass is 10.3. The number of ether oxygens (including phenoxy) is 3. The van der Waals surface area contributed by atoms with E-state index < -0.39 is 8.32 Å². The molecule has 0 aromatic carbocycles. The molecule has 0 radical (unpaired) electrons. The first kappa shape index (κ1) is 19.0. The Morgan fingerprint density at radius 2 is 1.42 bits per heavy atom. The van der Waals surface area contributed by atoms with Crippen LogP contribution in [-0.4, -0.2) is 59.9 Å². The topological polar surface area (TPSA) is 57.2 Å². The Morgan fingerprint density at radius 3 is 1.95 bits per heavy atom. The molecule has 0 aromatic rings. The van der Waals surface area contributed by atoms with Gasteiger partial charge in [-0.15, -0.1) is 0 Å². The molecule has 6 heteroatoms. The van der Waals surface area contributed by atoms with Crippen LogP contribution in [0.4, 0.5) is 0 Å². The van der Waals surface area contributed by atoms with Crippen LogP contribution in [-0.2, 0) is 18.6 Å². The smallest absolute Gasteiger partial charge is 0.190 e. The van der Waals surface area contributed by atoms with Crippen LogP contribution in [0.2, 0.25) is 19.1 Å². The van der Waals surface area contributed by atoms with Crippen LogP contribution in [0.5, 0.6) is 0 Å². The van der Waals surface area contributed by atoms with Gasteiger partial charge in [0.15, 0.2) is 8.32 Å². The fraction of sp³-hybridized carbons (Fsp3) is 1.00. The highest BCUT2D eigenvalue weighted by Crippen LogP contribution is 2.17. The van der Waals surface area contributed by atoms with Gasteiger partial charge < -0.3 is 23.7 Å². The lowest BCUT2D eigenvalue weighted by Crippen LogP contribution is -2.33. The van der Waals surface area contributed by atoms with Gasteiger partial charge in [0.05, 0.1) is 39.6 Å². The zero-order chi connectivity index (χ0) is 14.6. The Morgan fingerprint density at radius 1 is 0.895 bits per heavy atom. The van der Waals surface area contributed by atoms with Gasteiger partial charge in [0.2, 0.25) is 0 Å². The lowest BCUT2D eigenvalue weighted by molar-refractivity contribution is -0.0316. The number of hydrogen-bond donors (Lipinski definition) is 1. The number of aliphatic hydroxyl groups excluding tert-OH is 1. The monoisotopic (exact) mass is 294 g/mol. The van der Waals surface area contributed by atoms with Crippen LogP contribution in [0.25, 0.3) is 0 Å². The maximum Gasteiger partial charge on any atom is 0.190 e. The van der Waals surface area contributed by atoms with Gasteiger partial charge >= 0.3 is 0 Å². The fourth-order valence-corrected chi connectivity index (χ4v) is 4.29. The van der Waals surface area contributed by atoms with Gasteiger partial charge in [0, 0.05) is 0 Å². The van der Waals surface area contributed by atoms with Crippen molar-refractivity contribution < 1.29 is 23.7 Å². The quantitative estimate of drug-likeness (QED) is 0.319. The van der Waals surface area contributed by atoms with Gasteiger partial charge in [-0.2, -0.15) is 0 Å². The largest absolute Gasteiger partial charge is 0.395 e. The highest BCUT2D eigenvalue weighted by Gasteiger charge is 2.23. The molecule has 0 aliphatic rings. The predicted octanol–water partition coefficient (Wildman–Crippen LogP) is 1.86. The van der Waals surface area contributed by atoms with E-state index in [0.717, 1.165) is 6.04 Å². The molecule has 0 saturated heterocycles. The van der Waals surface area contributed by atoms with E-state index in [1.807, 2.05) is 0 Å². The van der Waals surface area contributed by atoms with Crippen LogP contribution in [0.15, 0.2) is 0 Å². The van der Waals surface area contributed by atoms with Crippen molar-refractivity contribution in [3.8, 4) is 0 Å². The molecule has 0 fully saturated rings. The van der Waals surface area contributed by atoms with E-state index >= 15 is 0 Å². The molecular weight excluding hydrogens is 264 g/mol. The predicted molar refractivity (Wildman–Crippen MR) is 77.8 cm³/mol. The summed E-state index contributed by atoms with van der Waals surface area (Å²) in [5.74, 6) is 0.670. The number of hydrogen-bond acceptors (Lipinski definition) is 5. The van der Waals surface area contributed by atoms with Gasteiger partial charge in [-0.25, -0.2) is 0 Å². The molecule has 116 valence electrons. The Kier molecular flexibility index (Phi) is 11.8. The van der Waals surface area contributed by atoms with Crippen molar-refractivity contribution in [2.24, 2.45) is 5.92 Å². The zero-order valence-corrected chi connectivity index (χ0v) is 13.8. The summed E-state index contributed by atoms with van der Waals surface area (Å²) in [5, 5.41) is 8.49. The van der Waals surface area contributed by atoms with Crippen LogP contribution in [0.1, 0.15) is 13.8 Å². The molecule has 19 heavy (non-hydrogen) atoms. The molecule has 0 aliphatic carbocycles. The normalized spacial score (nSPS) is 12.3. The maximum absolute atomic E-state index is 8.49. The summed E-state index contributed by atoms with van der Waals surface area (Å²) in [7, 11) is -1.57. The molecule has 0 spiro atoms. The molecule has 0 atom stereocenters. The van der Waals surface area contributed by atoms with Crippen molar-refractivity contribution in [1.29, 1.82) is 0 Å². The molecule has 0 bridgehead atoms. The van der Waals surface area contributed by atoms with Gasteiger partial charge in [-0.1, -0.05) is 13.8 Å². The second-order valence-electron chi connectivity index (χ2n) is 5.48. The highest BCUT2D eigenvalue weighted by atomic mass is 28.4. The van der Waals surface area contributed by atoms with Crippen molar-refractivity contribution in [3.05, 3.63) is 0 Å². The Balaban J connectivity index is 3.26. The molecule has 1 N–H and O–H groups in total. The molecule has 5 nitrogen and oxygen atoms in total. The minimum Gasteiger partial charge on any atom is -0.395 e. The highest BCUT2D eigenvalue weighted by molar-refractivity contribution is 6.71. The molecule has 0 amide bonds. The van der Waals surface area contributed by atoms with Crippen molar-refractivity contribution in [3.63, 3.8) is 0 Å². The average molecular weight is 294 g/mol. The van der Waals surface area contributed by atoms with Crippen molar-refractivity contribution in [2.45, 2.75) is 33.0 Å². The third-order valence-electron chi connectivity index (χ3n) is 2.41. The maximum atomic E-state index is 8.49. The summed E-state index contributed by atoms with van der Waals surface area (Å²) in [4.78, 5) is 0. The van der Waals surface area contributed by atoms with Gasteiger partial charge in [0.25, 0.3) is 0 Å². The molecular formula is C13H30O5Si. The first-order valence-electron chi connectivity index (χ1n) is 6.96. The third-order valence-corrected chi connectivity index (χ3v) is 5.11. The van der Waals surface area contributed by atoms with Crippen LogP contribution >= 0.6 is 0 Å². The van der Waals surface area contributed by atoms with E-state index in [-0.39, 0.29) is 6.61 Å².